The van der Waals surface area contributed by atoms with E-state index in [9.17, 15) is 13.5 Å². The zero-order chi connectivity index (χ0) is 14.3. The molecule has 0 spiro atoms. The molecule has 1 rings (SSSR count). The van der Waals surface area contributed by atoms with E-state index in [1.165, 1.54) is 11.4 Å². The summed E-state index contributed by atoms with van der Waals surface area (Å²) in [5, 5.41) is 9.36. The third-order valence-corrected chi connectivity index (χ3v) is 4.50. The molecule has 2 N–H and O–H groups in total. The summed E-state index contributed by atoms with van der Waals surface area (Å²) in [6.45, 7) is 2.21. The Morgan fingerprint density at radius 3 is 2.47 bits per heavy atom. The van der Waals surface area contributed by atoms with Crippen LogP contribution in [-0.2, 0) is 10.2 Å². The zero-order valence-electron chi connectivity index (χ0n) is 11.4. The van der Waals surface area contributed by atoms with Gasteiger partial charge in [0.15, 0.2) is 0 Å². The molecule has 0 fully saturated rings. The molecule has 5 nitrogen and oxygen atoms in total. The van der Waals surface area contributed by atoms with Crippen molar-refractivity contribution in [2.24, 2.45) is 0 Å². The Morgan fingerprint density at radius 1 is 1.32 bits per heavy atom. The predicted molar refractivity (Wildman–Crippen MR) is 75.9 cm³/mol. The van der Waals surface area contributed by atoms with Crippen molar-refractivity contribution >= 4 is 10.2 Å². The summed E-state index contributed by atoms with van der Waals surface area (Å²) in [6, 6.07) is 8.43. The van der Waals surface area contributed by atoms with Gasteiger partial charge in [0.25, 0.3) is 10.2 Å². The van der Waals surface area contributed by atoms with Crippen LogP contribution in [0.15, 0.2) is 30.3 Å². The molecular formula is C13H22N2O3S. The number of rotatable bonds is 8. The highest BCUT2D eigenvalue weighted by Gasteiger charge is 2.22. The Hall–Kier alpha value is -0.950. The second-order valence-corrected chi connectivity index (χ2v) is 6.25. The monoisotopic (exact) mass is 286 g/mol. The second-order valence-electron chi connectivity index (χ2n) is 4.44. The van der Waals surface area contributed by atoms with Crippen LogP contribution in [0.5, 0.6) is 0 Å². The molecule has 0 amide bonds. The lowest BCUT2D eigenvalue weighted by molar-refractivity contribution is 0.256. The fraction of sp³-hybridized carbons (Fsp3) is 0.538. The van der Waals surface area contributed by atoms with Gasteiger partial charge < -0.3 is 5.11 Å². The van der Waals surface area contributed by atoms with Gasteiger partial charge in [0.05, 0.1) is 12.6 Å². The first-order valence-corrected chi connectivity index (χ1v) is 7.84. The number of benzene rings is 1. The Kier molecular flexibility index (Phi) is 6.44. The summed E-state index contributed by atoms with van der Waals surface area (Å²) in [6.07, 6.45) is 1.74. The van der Waals surface area contributed by atoms with Crippen LogP contribution >= 0.6 is 0 Å². The van der Waals surface area contributed by atoms with Crippen molar-refractivity contribution in [1.29, 1.82) is 0 Å². The molecule has 0 heterocycles. The molecule has 19 heavy (non-hydrogen) atoms. The van der Waals surface area contributed by atoms with Crippen LogP contribution in [0.4, 0.5) is 0 Å². The number of hydrogen-bond donors (Lipinski definition) is 2. The Bertz CT molecular complexity index is 462. The van der Waals surface area contributed by atoms with Gasteiger partial charge in [-0.3, -0.25) is 0 Å². The number of hydrogen-bond acceptors (Lipinski definition) is 3. The van der Waals surface area contributed by atoms with Crippen molar-refractivity contribution in [3.63, 3.8) is 0 Å². The van der Waals surface area contributed by atoms with Crippen molar-refractivity contribution < 1.29 is 13.5 Å². The van der Waals surface area contributed by atoms with Gasteiger partial charge in [-0.1, -0.05) is 43.7 Å². The van der Waals surface area contributed by atoms with E-state index in [1.54, 1.807) is 12.1 Å². The first-order chi connectivity index (χ1) is 9.01. The highest BCUT2D eigenvalue weighted by Crippen LogP contribution is 2.13. The van der Waals surface area contributed by atoms with Crippen LogP contribution in [-0.4, -0.2) is 38.0 Å². The van der Waals surface area contributed by atoms with Crippen LogP contribution < -0.4 is 4.72 Å². The van der Waals surface area contributed by atoms with Crippen molar-refractivity contribution in [3.8, 4) is 0 Å². The van der Waals surface area contributed by atoms with E-state index in [0.717, 1.165) is 18.4 Å². The van der Waals surface area contributed by atoms with Gasteiger partial charge in [-0.2, -0.15) is 17.4 Å². The molecule has 0 radical (unpaired) electrons. The summed E-state index contributed by atoms with van der Waals surface area (Å²) >= 11 is 0. The summed E-state index contributed by atoms with van der Waals surface area (Å²) in [5.74, 6) is 0. The van der Waals surface area contributed by atoms with Crippen molar-refractivity contribution in [2.45, 2.75) is 25.8 Å². The molecule has 1 atom stereocenters. The molecule has 0 saturated heterocycles. The second kappa shape index (κ2) is 7.59. The fourth-order valence-electron chi connectivity index (χ4n) is 1.67. The molecular weight excluding hydrogens is 264 g/mol. The van der Waals surface area contributed by atoms with Crippen molar-refractivity contribution in [3.05, 3.63) is 35.9 Å². The van der Waals surface area contributed by atoms with Crippen LogP contribution in [0.25, 0.3) is 0 Å². The number of aliphatic hydroxyl groups is 1. The zero-order valence-corrected chi connectivity index (χ0v) is 12.2. The third-order valence-electron chi connectivity index (χ3n) is 2.91. The van der Waals surface area contributed by atoms with Crippen molar-refractivity contribution in [2.75, 3.05) is 20.2 Å². The molecule has 0 aromatic heterocycles. The van der Waals surface area contributed by atoms with Gasteiger partial charge in [0.1, 0.15) is 0 Å². The number of aliphatic hydroxyl groups excluding tert-OH is 1. The van der Waals surface area contributed by atoms with Crippen LogP contribution in [0.3, 0.4) is 0 Å². The Morgan fingerprint density at radius 2 is 1.95 bits per heavy atom. The molecule has 0 aliphatic heterocycles. The van der Waals surface area contributed by atoms with E-state index in [2.05, 4.69) is 4.72 Å². The van der Waals surface area contributed by atoms with E-state index >= 15 is 0 Å². The lowest BCUT2D eigenvalue weighted by Crippen LogP contribution is -2.41. The SMILES string of the molecule is CCCCN(C)S(=O)(=O)N[C@H](CO)c1ccccc1. The maximum Gasteiger partial charge on any atom is 0.279 e. The van der Waals surface area contributed by atoms with Crippen molar-refractivity contribution in [1.82, 2.24) is 9.03 Å². The van der Waals surface area contributed by atoms with Gasteiger partial charge in [-0.05, 0) is 12.0 Å². The molecule has 0 aliphatic rings. The summed E-state index contributed by atoms with van der Waals surface area (Å²) in [4.78, 5) is 0. The fourth-order valence-corrected chi connectivity index (χ4v) is 2.79. The quantitative estimate of drug-likeness (QED) is 0.756. The number of nitrogens with one attached hydrogen (secondary N) is 1. The lowest BCUT2D eigenvalue weighted by atomic mass is 10.1. The molecule has 108 valence electrons. The van der Waals surface area contributed by atoms with E-state index < -0.39 is 16.3 Å². The maximum absolute atomic E-state index is 12.1. The smallest absolute Gasteiger partial charge is 0.279 e. The average Bonchev–Trinajstić information content (AvgIpc) is 2.43. The van der Waals surface area contributed by atoms with E-state index in [4.69, 9.17) is 0 Å². The van der Waals surface area contributed by atoms with Crippen LogP contribution in [0.2, 0.25) is 0 Å². The largest absolute Gasteiger partial charge is 0.394 e. The molecule has 1 aromatic rings. The van der Waals surface area contributed by atoms with Crippen LogP contribution in [0.1, 0.15) is 31.4 Å². The molecule has 1 aromatic carbocycles. The predicted octanol–water partition coefficient (Wildman–Crippen LogP) is 1.29. The van der Waals surface area contributed by atoms with E-state index in [0.29, 0.717) is 6.54 Å². The van der Waals surface area contributed by atoms with E-state index in [-0.39, 0.29) is 6.61 Å². The molecule has 0 saturated carbocycles. The molecule has 6 heteroatoms. The number of nitrogens with zero attached hydrogens (tertiary/aromatic N) is 1. The standard InChI is InChI=1S/C13H22N2O3S/c1-3-4-10-15(2)19(17,18)14-13(11-16)12-8-6-5-7-9-12/h5-9,13-14,16H,3-4,10-11H2,1-2H3/t13-/m1/s1. The number of unbranched alkanes of at least 4 members (excludes halogenated alkanes) is 1. The topological polar surface area (TPSA) is 69.6 Å². The average molecular weight is 286 g/mol. The van der Waals surface area contributed by atoms with Gasteiger partial charge in [0, 0.05) is 13.6 Å². The summed E-state index contributed by atoms with van der Waals surface area (Å²) < 4.78 is 28.0. The minimum Gasteiger partial charge on any atom is -0.394 e. The summed E-state index contributed by atoms with van der Waals surface area (Å²) in [5.41, 5.74) is 0.748. The Balaban J connectivity index is 2.75. The molecule has 0 unspecified atom stereocenters. The van der Waals surface area contributed by atoms with E-state index in [1.807, 2.05) is 25.1 Å². The minimum atomic E-state index is -3.57. The Labute approximate surface area is 115 Å². The van der Waals surface area contributed by atoms with Crippen LogP contribution in [0, 0.1) is 0 Å². The maximum atomic E-state index is 12.1. The first-order valence-electron chi connectivity index (χ1n) is 6.40. The molecule has 0 bridgehead atoms. The highest BCUT2D eigenvalue weighted by molar-refractivity contribution is 7.87. The lowest BCUT2D eigenvalue weighted by Gasteiger charge is -2.22. The van der Waals surface area contributed by atoms with Gasteiger partial charge in [-0.25, -0.2) is 0 Å². The highest BCUT2D eigenvalue weighted by atomic mass is 32.2. The van der Waals surface area contributed by atoms with Gasteiger partial charge in [-0.15, -0.1) is 0 Å². The third kappa shape index (κ3) is 4.91. The first kappa shape index (κ1) is 16.1. The summed E-state index contributed by atoms with van der Waals surface area (Å²) in [7, 11) is -2.03. The normalized spacial score (nSPS) is 13.7. The minimum absolute atomic E-state index is 0.273. The van der Waals surface area contributed by atoms with Gasteiger partial charge in [0.2, 0.25) is 0 Å². The molecule has 0 aliphatic carbocycles. The van der Waals surface area contributed by atoms with Gasteiger partial charge >= 0.3 is 0 Å².